The SMILES string of the molecule is CCOC(=O)c1c(C)c(C(=O)COc2cc(C)cc(C)c2)c(C)n1CC. The second-order valence-electron chi connectivity index (χ2n) is 6.43. The molecule has 0 N–H and O–H groups in total. The van der Waals surface area contributed by atoms with Gasteiger partial charge in [-0.15, -0.1) is 0 Å². The molecule has 0 atom stereocenters. The predicted molar refractivity (Wildman–Crippen MR) is 101 cm³/mol. The van der Waals surface area contributed by atoms with Crippen LogP contribution < -0.4 is 4.74 Å². The fraction of sp³-hybridized carbons (Fsp3) is 0.429. The molecule has 0 saturated heterocycles. The normalized spacial score (nSPS) is 10.7. The highest BCUT2D eigenvalue weighted by molar-refractivity contribution is 6.03. The van der Waals surface area contributed by atoms with E-state index in [9.17, 15) is 9.59 Å². The Balaban J connectivity index is 2.29. The lowest BCUT2D eigenvalue weighted by Gasteiger charge is -2.09. The van der Waals surface area contributed by atoms with E-state index in [1.807, 2.05) is 44.4 Å². The van der Waals surface area contributed by atoms with Crippen molar-refractivity contribution in [3.8, 4) is 5.75 Å². The summed E-state index contributed by atoms with van der Waals surface area (Å²) in [5.74, 6) is 0.132. The molecule has 0 aliphatic carbocycles. The van der Waals surface area contributed by atoms with Gasteiger partial charge in [-0.25, -0.2) is 4.79 Å². The number of rotatable bonds is 7. The van der Waals surface area contributed by atoms with Crippen LogP contribution in [-0.4, -0.2) is 29.5 Å². The molecule has 2 rings (SSSR count). The molecule has 0 spiro atoms. The number of hydrogen-bond donors (Lipinski definition) is 0. The summed E-state index contributed by atoms with van der Waals surface area (Å²) in [6.07, 6.45) is 0. The Bertz CT molecular complexity index is 813. The van der Waals surface area contributed by atoms with E-state index in [0.717, 1.165) is 16.8 Å². The molecule has 0 saturated carbocycles. The molecule has 0 bridgehead atoms. The Morgan fingerprint density at radius 2 is 1.62 bits per heavy atom. The van der Waals surface area contributed by atoms with Crippen LogP contribution in [0.1, 0.15) is 57.1 Å². The maximum Gasteiger partial charge on any atom is 0.355 e. The molecular formula is C21H27NO4. The van der Waals surface area contributed by atoms with Gasteiger partial charge in [0.25, 0.3) is 0 Å². The zero-order valence-electron chi connectivity index (χ0n) is 16.4. The molecule has 5 nitrogen and oxygen atoms in total. The van der Waals surface area contributed by atoms with Crippen LogP contribution in [0.4, 0.5) is 0 Å². The minimum Gasteiger partial charge on any atom is -0.485 e. The molecule has 1 aromatic carbocycles. The first-order valence-corrected chi connectivity index (χ1v) is 8.91. The van der Waals surface area contributed by atoms with Crippen molar-refractivity contribution >= 4 is 11.8 Å². The fourth-order valence-electron chi connectivity index (χ4n) is 3.40. The number of ketones is 1. The molecule has 5 heteroatoms. The average molecular weight is 357 g/mol. The summed E-state index contributed by atoms with van der Waals surface area (Å²) in [4.78, 5) is 25.1. The average Bonchev–Trinajstić information content (AvgIpc) is 2.82. The quantitative estimate of drug-likeness (QED) is 0.551. The number of Topliss-reactive ketones (excluding diaryl/α,β-unsaturated/α-hetero) is 1. The van der Waals surface area contributed by atoms with E-state index < -0.39 is 5.97 Å². The van der Waals surface area contributed by atoms with Crippen LogP contribution in [0.25, 0.3) is 0 Å². The lowest BCUT2D eigenvalue weighted by atomic mass is 10.1. The summed E-state index contributed by atoms with van der Waals surface area (Å²) in [5.41, 5.74) is 4.57. The number of carbonyl (C=O) groups excluding carboxylic acids is 2. The van der Waals surface area contributed by atoms with Gasteiger partial charge in [0.15, 0.2) is 6.61 Å². The van der Waals surface area contributed by atoms with Crippen LogP contribution in [0.2, 0.25) is 0 Å². The van der Waals surface area contributed by atoms with Crippen molar-refractivity contribution in [1.29, 1.82) is 0 Å². The lowest BCUT2D eigenvalue weighted by molar-refractivity contribution is 0.0512. The Morgan fingerprint density at radius 3 is 2.15 bits per heavy atom. The number of nitrogens with zero attached hydrogens (tertiary/aromatic N) is 1. The van der Waals surface area contributed by atoms with Crippen LogP contribution in [0, 0.1) is 27.7 Å². The summed E-state index contributed by atoms with van der Waals surface area (Å²) in [5, 5.41) is 0. The second-order valence-corrected chi connectivity index (χ2v) is 6.43. The van der Waals surface area contributed by atoms with E-state index in [1.54, 1.807) is 13.8 Å². The summed E-state index contributed by atoms with van der Waals surface area (Å²) in [6.45, 7) is 12.1. The highest BCUT2D eigenvalue weighted by Gasteiger charge is 2.26. The van der Waals surface area contributed by atoms with Crippen molar-refractivity contribution in [3.05, 3.63) is 51.8 Å². The first kappa shape index (κ1) is 19.8. The maximum absolute atomic E-state index is 12.8. The fourth-order valence-corrected chi connectivity index (χ4v) is 3.40. The molecule has 2 aromatic rings. The smallest absolute Gasteiger partial charge is 0.355 e. The minimum atomic E-state index is -0.399. The highest BCUT2D eigenvalue weighted by atomic mass is 16.5. The molecule has 0 fully saturated rings. The van der Waals surface area contributed by atoms with Gasteiger partial charge in [-0.3, -0.25) is 4.79 Å². The van der Waals surface area contributed by atoms with Gasteiger partial charge in [0.2, 0.25) is 5.78 Å². The van der Waals surface area contributed by atoms with E-state index in [0.29, 0.717) is 35.7 Å². The van der Waals surface area contributed by atoms with Crippen LogP contribution >= 0.6 is 0 Å². The summed E-state index contributed by atoms with van der Waals surface area (Å²) >= 11 is 0. The van der Waals surface area contributed by atoms with E-state index in [-0.39, 0.29) is 12.4 Å². The Labute approximate surface area is 154 Å². The lowest BCUT2D eigenvalue weighted by Crippen LogP contribution is -2.14. The number of aryl methyl sites for hydroxylation is 2. The van der Waals surface area contributed by atoms with Crippen LogP contribution in [-0.2, 0) is 11.3 Å². The third-order valence-electron chi connectivity index (χ3n) is 4.40. The molecule has 0 radical (unpaired) electrons. The van der Waals surface area contributed by atoms with E-state index in [1.165, 1.54) is 0 Å². The second kappa shape index (κ2) is 8.21. The number of aromatic nitrogens is 1. The molecular weight excluding hydrogens is 330 g/mol. The predicted octanol–water partition coefficient (Wildman–Crippen LogP) is 4.18. The Kier molecular flexibility index (Phi) is 6.24. The standard InChI is InChI=1S/C21H27NO4/c1-7-22-16(6)19(15(5)20(22)21(24)25-8-2)18(23)12-26-17-10-13(3)9-14(4)11-17/h9-11H,7-8,12H2,1-6H3. The maximum atomic E-state index is 12.8. The summed E-state index contributed by atoms with van der Waals surface area (Å²) in [7, 11) is 0. The molecule has 26 heavy (non-hydrogen) atoms. The topological polar surface area (TPSA) is 57.5 Å². The molecule has 0 unspecified atom stereocenters. The monoisotopic (exact) mass is 357 g/mol. The van der Waals surface area contributed by atoms with Gasteiger partial charge < -0.3 is 14.0 Å². The van der Waals surface area contributed by atoms with E-state index in [2.05, 4.69) is 6.07 Å². The molecule has 140 valence electrons. The zero-order chi connectivity index (χ0) is 19.4. The van der Waals surface area contributed by atoms with Gasteiger partial charge in [0.05, 0.1) is 6.61 Å². The minimum absolute atomic E-state index is 0.0689. The zero-order valence-corrected chi connectivity index (χ0v) is 16.4. The van der Waals surface area contributed by atoms with Crippen molar-refractivity contribution in [2.75, 3.05) is 13.2 Å². The molecule has 0 aliphatic rings. The third-order valence-corrected chi connectivity index (χ3v) is 4.40. The van der Waals surface area contributed by atoms with Crippen LogP contribution in [0.5, 0.6) is 5.75 Å². The van der Waals surface area contributed by atoms with E-state index in [4.69, 9.17) is 9.47 Å². The van der Waals surface area contributed by atoms with Gasteiger partial charge in [0.1, 0.15) is 11.4 Å². The number of benzene rings is 1. The van der Waals surface area contributed by atoms with Crippen LogP contribution in [0.15, 0.2) is 18.2 Å². The number of esters is 1. The summed E-state index contributed by atoms with van der Waals surface area (Å²) in [6, 6.07) is 5.86. The van der Waals surface area contributed by atoms with Gasteiger partial charge >= 0.3 is 5.97 Å². The first-order valence-electron chi connectivity index (χ1n) is 8.91. The van der Waals surface area contributed by atoms with Crippen molar-refractivity contribution in [2.24, 2.45) is 0 Å². The molecule has 0 aliphatic heterocycles. The summed E-state index contributed by atoms with van der Waals surface area (Å²) < 4.78 is 12.7. The van der Waals surface area contributed by atoms with Crippen molar-refractivity contribution < 1.29 is 19.1 Å². The Hall–Kier alpha value is -2.56. The van der Waals surface area contributed by atoms with Gasteiger partial charge in [-0.05, 0) is 70.4 Å². The number of ether oxygens (including phenoxy) is 2. The van der Waals surface area contributed by atoms with Crippen molar-refractivity contribution in [1.82, 2.24) is 4.57 Å². The van der Waals surface area contributed by atoms with Crippen molar-refractivity contribution in [2.45, 2.75) is 48.1 Å². The third kappa shape index (κ3) is 3.98. The number of hydrogen-bond acceptors (Lipinski definition) is 4. The van der Waals surface area contributed by atoms with E-state index >= 15 is 0 Å². The van der Waals surface area contributed by atoms with Gasteiger partial charge in [-0.1, -0.05) is 6.07 Å². The first-order chi connectivity index (χ1) is 12.3. The molecule has 1 aromatic heterocycles. The highest BCUT2D eigenvalue weighted by Crippen LogP contribution is 2.24. The van der Waals surface area contributed by atoms with Gasteiger partial charge in [0, 0.05) is 17.8 Å². The van der Waals surface area contributed by atoms with Crippen molar-refractivity contribution in [3.63, 3.8) is 0 Å². The molecule has 0 amide bonds. The molecule has 1 heterocycles. The largest absolute Gasteiger partial charge is 0.485 e. The Morgan fingerprint density at radius 1 is 1.00 bits per heavy atom. The van der Waals surface area contributed by atoms with Gasteiger partial charge in [-0.2, -0.15) is 0 Å². The number of carbonyl (C=O) groups is 2. The van der Waals surface area contributed by atoms with Crippen LogP contribution in [0.3, 0.4) is 0 Å².